The molecule has 0 bridgehead atoms. The number of hydrogen-bond acceptors (Lipinski definition) is 15. The topological polar surface area (TPSA) is 170 Å². The van der Waals surface area contributed by atoms with Crippen LogP contribution in [-0.4, -0.2) is 144 Å². The molecule has 3 aliphatic rings. The molecule has 0 unspecified atom stereocenters. The molecule has 15 nitrogen and oxygen atoms in total. The number of amides is 6. The van der Waals surface area contributed by atoms with Crippen LogP contribution in [0.4, 0.5) is 0 Å². The van der Waals surface area contributed by atoms with Crippen molar-refractivity contribution in [2.45, 2.75) is 40.9 Å². The molecule has 0 atom stereocenters. The molecule has 3 aliphatic heterocycles. The van der Waals surface area contributed by atoms with E-state index in [1.165, 1.54) is 40.2 Å². The van der Waals surface area contributed by atoms with Crippen LogP contribution in [0.5, 0.6) is 11.5 Å². The van der Waals surface area contributed by atoms with Gasteiger partial charge in [0.1, 0.15) is 26.2 Å². The molecule has 0 aromatic heterocycles. The van der Waals surface area contributed by atoms with Gasteiger partial charge in [-0.3, -0.25) is 48.4 Å². The summed E-state index contributed by atoms with van der Waals surface area (Å²) in [5.41, 5.74) is 6.62. The Morgan fingerprint density at radius 3 is 1.13 bits per heavy atom. The second-order valence-electron chi connectivity index (χ2n) is 18.5. The molecule has 406 valence electrons. The number of thioether (sulfide) groups is 3. The number of ether oxygens (including phenoxy) is 2. The minimum Gasteiger partial charge on any atom is -0.484 e. The fraction of sp³-hybridized carbons (Fsp3) is 0.316. The van der Waals surface area contributed by atoms with E-state index >= 15 is 0 Å². The lowest BCUT2D eigenvalue weighted by Crippen LogP contribution is -2.43. The van der Waals surface area contributed by atoms with Crippen LogP contribution in [0.1, 0.15) is 95.5 Å². The number of carbonyl (C=O) groups excluding carboxylic acids is 6. The molecule has 3 fully saturated rings. The van der Waals surface area contributed by atoms with Crippen LogP contribution >= 0.6 is 71.9 Å². The molecule has 0 spiro atoms. The molecule has 5 aromatic rings. The zero-order valence-electron chi connectivity index (χ0n) is 43.6. The highest BCUT2D eigenvalue weighted by Gasteiger charge is 2.33. The van der Waals surface area contributed by atoms with Gasteiger partial charge < -0.3 is 25.4 Å². The van der Waals surface area contributed by atoms with Gasteiger partial charge in [0.2, 0.25) is 0 Å². The van der Waals surface area contributed by atoms with E-state index < -0.39 is 5.91 Å². The average Bonchev–Trinajstić information content (AvgIpc) is 4.26. The van der Waals surface area contributed by atoms with Gasteiger partial charge in [0.25, 0.3) is 35.4 Å². The molecule has 3 heterocycles. The lowest BCUT2D eigenvalue weighted by molar-refractivity contribution is 0.0848. The Balaban J connectivity index is 0.996. The van der Waals surface area contributed by atoms with Gasteiger partial charge in [0, 0.05) is 98.4 Å². The Labute approximate surface area is 483 Å². The van der Waals surface area contributed by atoms with E-state index in [9.17, 15) is 28.8 Å². The number of benzene rings is 5. The summed E-state index contributed by atoms with van der Waals surface area (Å²) >= 11 is 20.7. The van der Waals surface area contributed by atoms with Crippen LogP contribution in [0.15, 0.2) is 97.1 Å². The maximum Gasteiger partial charge on any atom is 0.263 e. The van der Waals surface area contributed by atoms with E-state index in [4.69, 9.17) is 46.1 Å². The molecule has 8 rings (SSSR count). The lowest BCUT2D eigenvalue weighted by atomic mass is 9.96. The van der Waals surface area contributed by atoms with E-state index in [1.807, 2.05) is 93.3 Å². The monoisotopic (exact) mass is 1160 g/mol. The minimum absolute atomic E-state index is 0.0747. The fourth-order valence-corrected chi connectivity index (χ4v) is 12.6. The molecule has 21 heteroatoms. The minimum atomic E-state index is -0.480. The lowest BCUT2D eigenvalue weighted by Gasteiger charge is -2.24. The molecule has 0 aliphatic carbocycles. The summed E-state index contributed by atoms with van der Waals surface area (Å²) in [6.45, 7) is 10.5. The van der Waals surface area contributed by atoms with Crippen molar-refractivity contribution in [2.24, 2.45) is 0 Å². The largest absolute Gasteiger partial charge is 0.484 e. The Bertz CT molecular complexity index is 3050. The highest BCUT2D eigenvalue weighted by atomic mass is 32.2. The van der Waals surface area contributed by atoms with Crippen LogP contribution in [0.3, 0.4) is 0 Å². The van der Waals surface area contributed by atoms with Crippen molar-refractivity contribution in [3.8, 4) is 11.5 Å². The second-order valence-corrected chi connectivity index (χ2v) is 23.7. The molecule has 78 heavy (non-hydrogen) atoms. The van der Waals surface area contributed by atoms with E-state index in [0.717, 1.165) is 22.6 Å². The van der Waals surface area contributed by atoms with Crippen molar-refractivity contribution >= 4 is 120 Å². The first-order chi connectivity index (χ1) is 37.6. The van der Waals surface area contributed by atoms with Crippen molar-refractivity contribution < 1.29 is 38.2 Å². The summed E-state index contributed by atoms with van der Waals surface area (Å²) < 4.78 is 14.5. The number of carbonyl (C=O) groups is 6. The fourth-order valence-electron chi connectivity index (χ4n) is 9.03. The van der Waals surface area contributed by atoms with Crippen molar-refractivity contribution in [1.29, 1.82) is 0 Å². The summed E-state index contributed by atoms with van der Waals surface area (Å²) in [6.07, 6.45) is 0. The van der Waals surface area contributed by atoms with E-state index in [2.05, 4.69) is 16.0 Å². The predicted octanol–water partition coefficient (Wildman–Crippen LogP) is 8.39. The number of hydrogen-bond donors (Lipinski definition) is 3. The highest BCUT2D eigenvalue weighted by Crippen LogP contribution is 2.39. The number of thiocarbonyl (C=S) groups is 3. The Morgan fingerprint density at radius 2 is 0.756 bits per heavy atom. The Hall–Kier alpha value is -6.20. The van der Waals surface area contributed by atoms with Gasteiger partial charge in [-0.1, -0.05) is 133 Å². The zero-order chi connectivity index (χ0) is 55.5. The van der Waals surface area contributed by atoms with Gasteiger partial charge in [-0.2, -0.15) is 0 Å². The summed E-state index contributed by atoms with van der Waals surface area (Å²) in [4.78, 5) is 89.7. The molecule has 5 aromatic carbocycles. The molecule has 0 saturated carbocycles. The van der Waals surface area contributed by atoms with Crippen molar-refractivity contribution in [2.75, 3.05) is 76.2 Å². The molecule has 3 saturated heterocycles. The van der Waals surface area contributed by atoms with Crippen molar-refractivity contribution in [3.05, 3.63) is 164 Å². The van der Waals surface area contributed by atoms with E-state index in [0.29, 0.717) is 102 Å². The summed E-state index contributed by atoms with van der Waals surface area (Å²) in [7, 11) is 0. The Kier molecular flexibility index (Phi) is 20.1. The van der Waals surface area contributed by atoms with E-state index in [1.54, 1.807) is 46.2 Å². The first-order valence-corrected chi connectivity index (χ1v) is 29.5. The van der Waals surface area contributed by atoms with Gasteiger partial charge in [0.15, 0.2) is 11.5 Å². The summed E-state index contributed by atoms with van der Waals surface area (Å²) in [5, 5.41) is 9.09. The van der Waals surface area contributed by atoms with Gasteiger partial charge in [-0.15, -0.1) is 0 Å². The third kappa shape index (κ3) is 13.8. The van der Waals surface area contributed by atoms with Crippen LogP contribution in [0.25, 0.3) is 0 Å². The standard InChI is InChI=1S/C57H59N7O8S6/c1-35-37(3)43(52(68)62-27-30-76-55(62)73)17-15-41(35)49(65)58-21-24-61(25-22-59-50(66)42-16-18-44(38(4)36(42)2)53(69)63-28-31-77-56(63)74)26-23-60-51(67)45-19-20-46(54(70)64-29-32-78-57(64)75)48(72-34-40-13-9-6-10-14-40)47(45)71-33-39-11-7-5-8-12-39/h5-20H,21-34H2,1-4H3,(H,58,65)(H,59,66)(H,60,67). The maximum atomic E-state index is 14.5. The third-order valence-electron chi connectivity index (χ3n) is 13.7. The van der Waals surface area contributed by atoms with Crippen LogP contribution < -0.4 is 25.4 Å². The van der Waals surface area contributed by atoms with Gasteiger partial charge >= 0.3 is 0 Å². The number of nitrogens with one attached hydrogen (secondary N) is 3. The predicted molar refractivity (Wildman–Crippen MR) is 322 cm³/mol. The normalized spacial score (nSPS) is 14.3. The van der Waals surface area contributed by atoms with Gasteiger partial charge in [-0.05, 0) is 97.5 Å². The highest BCUT2D eigenvalue weighted by molar-refractivity contribution is 8.24. The zero-order valence-corrected chi connectivity index (χ0v) is 48.5. The second kappa shape index (κ2) is 27.1. The smallest absolute Gasteiger partial charge is 0.263 e. The third-order valence-corrected chi connectivity index (χ3v) is 18.0. The summed E-state index contributed by atoms with van der Waals surface area (Å²) in [5.74, 6) is 0.507. The molecule has 3 N–H and O–H groups in total. The quantitative estimate of drug-likeness (QED) is 0.0599. The first-order valence-electron chi connectivity index (χ1n) is 25.4. The van der Waals surface area contributed by atoms with Crippen molar-refractivity contribution in [1.82, 2.24) is 35.6 Å². The molecular formula is C57H59N7O8S6. The van der Waals surface area contributed by atoms with Gasteiger partial charge in [-0.25, -0.2) is 0 Å². The average molecular weight is 1160 g/mol. The van der Waals surface area contributed by atoms with Gasteiger partial charge in [0.05, 0.1) is 11.1 Å². The van der Waals surface area contributed by atoms with Crippen LogP contribution in [0, 0.1) is 27.7 Å². The Morgan fingerprint density at radius 1 is 0.449 bits per heavy atom. The molecule has 6 amide bonds. The van der Waals surface area contributed by atoms with Crippen LogP contribution in [0.2, 0.25) is 0 Å². The summed E-state index contributed by atoms with van der Waals surface area (Å²) in [6, 6.07) is 28.7. The number of nitrogens with zero attached hydrogens (tertiary/aromatic N) is 4. The van der Waals surface area contributed by atoms with Crippen molar-refractivity contribution in [3.63, 3.8) is 0 Å². The van der Waals surface area contributed by atoms with E-state index in [-0.39, 0.29) is 85.0 Å². The molecular weight excluding hydrogens is 1100 g/mol. The maximum absolute atomic E-state index is 14.5. The van der Waals surface area contributed by atoms with Crippen LogP contribution in [-0.2, 0) is 13.2 Å². The molecule has 0 radical (unpaired) electrons. The SMILES string of the molecule is Cc1c(C(=O)NCCN(CCNC(=O)c2ccc(C(=O)N3CCSC3=S)c(C)c2C)CCNC(=O)c2ccc(C(=O)N3CCSC3=S)c(OCc3ccccc3)c2OCc2ccccc2)ccc(C(=O)N2CCSC2=S)c1C. The first kappa shape index (κ1) is 58.0. The number of rotatable bonds is 21.